The molecule has 8 bridgehead atoms. The Morgan fingerprint density at radius 1 is 0.369 bits per heavy atom. The normalized spacial score (nSPS) is 13.5. The summed E-state index contributed by atoms with van der Waals surface area (Å²) < 4.78 is 17.0. The number of aromatic nitrogens is 6. The summed E-state index contributed by atoms with van der Waals surface area (Å²) in [4.78, 5) is 25.4. The minimum absolute atomic E-state index is 0.394. The molecule has 4 aromatic carbocycles. The van der Waals surface area contributed by atoms with Crippen molar-refractivity contribution in [1.82, 2.24) is 29.9 Å². The van der Waals surface area contributed by atoms with Gasteiger partial charge in [0.2, 0.25) is 0 Å². The van der Waals surface area contributed by atoms with Crippen molar-refractivity contribution in [3.63, 3.8) is 0 Å². The van der Waals surface area contributed by atoms with Crippen LogP contribution in [0, 0.1) is 0 Å². The second kappa shape index (κ2) is 21.5. The Bertz CT molecular complexity index is 2940. The van der Waals surface area contributed by atoms with Gasteiger partial charge in [-0.05, 0) is 82.9 Å². The van der Waals surface area contributed by atoms with Crippen molar-refractivity contribution in [2.45, 2.75) is 12.2 Å². The Balaban J connectivity index is 0.000000328. The van der Waals surface area contributed by atoms with Gasteiger partial charge in [-0.3, -0.25) is 15.0 Å². The zero-order valence-corrected chi connectivity index (χ0v) is 37.3. The first-order chi connectivity index (χ1) is 32.1. The Morgan fingerprint density at radius 3 is 0.923 bits per heavy atom. The SMILES string of the molecule is O[C@@H]1c2nc(c(-c3ccccc3)c3ccc([nH]3)c(-c3ccccc3)c3nc(c(-c4ccccc4)c4ccc([nH]4)c2-c2ccccc2)C=C3)[C@@H]1O.[O]=[Os]=[O].c1ccncc1.c1ccncc1. The summed E-state index contributed by atoms with van der Waals surface area (Å²) in [5.41, 5.74) is 12.8. The predicted molar refractivity (Wildman–Crippen MR) is 251 cm³/mol. The van der Waals surface area contributed by atoms with Gasteiger partial charge in [0.15, 0.2) is 0 Å². The molecular formula is C54H42N6O4Os. The number of hydrogen-bond donors (Lipinski definition) is 4. The van der Waals surface area contributed by atoms with Crippen molar-refractivity contribution in [2.24, 2.45) is 0 Å². The number of pyridine rings is 2. The van der Waals surface area contributed by atoms with Crippen LogP contribution in [0.15, 0.2) is 207 Å². The van der Waals surface area contributed by atoms with Crippen molar-refractivity contribution in [2.75, 3.05) is 0 Å². The quantitative estimate of drug-likeness (QED) is 0.136. The van der Waals surface area contributed by atoms with Crippen LogP contribution in [0.4, 0.5) is 0 Å². The Kier molecular flexibility index (Phi) is 14.5. The van der Waals surface area contributed by atoms with E-state index in [0.717, 1.165) is 66.8 Å². The fourth-order valence-electron chi connectivity index (χ4n) is 7.79. The summed E-state index contributed by atoms with van der Waals surface area (Å²) in [7, 11) is 0. The van der Waals surface area contributed by atoms with Gasteiger partial charge < -0.3 is 20.2 Å². The van der Waals surface area contributed by atoms with Crippen molar-refractivity contribution in [3.05, 3.63) is 230 Å². The van der Waals surface area contributed by atoms with Crippen LogP contribution in [0.5, 0.6) is 0 Å². The fraction of sp³-hybridized carbons (Fsp3) is 0.0370. The van der Waals surface area contributed by atoms with Crippen molar-refractivity contribution in [3.8, 4) is 44.5 Å². The molecule has 2 aliphatic rings. The van der Waals surface area contributed by atoms with Gasteiger partial charge in [-0.25, -0.2) is 4.98 Å². The molecule has 9 aromatic rings. The molecule has 10 nitrogen and oxygen atoms in total. The number of aliphatic hydroxyl groups excluding tert-OH is 2. The number of nitrogens with zero attached hydrogens (tertiary/aromatic N) is 4. The molecule has 0 amide bonds. The van der Waals surface area contributed by atoms with E-state index >= 15 is 0 Å². The van der Waals surface area contributed by atoms with Crippen molar-refractivity contribution < 1.29 is 34.6 Å². The third-order valence-electron chi connectivity index (χ3n) is 10.6. The summed E-state index contributed by atoms with van der Waals surface area (Å²) in [6.45, 7) is 0. The summed E-state index contributed by atoms with van der Waals surface area (Å²) in [6, 6.07) is 59.9. The van der Waals surface area contributed by atoms with E-state index in [1.54, 1.807) is 24.8 Å². The monoisotopic (exact) mass is 1030 g/mol. The maximum Gasteiger partial charge on any atom is 0.0267 e. The minimum Gasteiger partial charge on any atom is -0.265 e. The molecule has 5 aromatic heterocycles. The Labute approximate surface area is 383 Å². The predicted octanol–water partition coefficient (Wildman–Crippen LogP) is 11.8. The molecule has 4 N–H and O–H groups in total. The average molecular weight is 1030 g/mol. The number of nitrogens with one attached hydrogen (secondary N) is 2. The van der Waals surface area contributed by atoms with Gasteiger partial charge in [-0.15, -0.1) is 0 Å². The van der Waals surface area contributed by atoms with Gasteiger partial charge >= 0.3 is 24.4 Å². The molecule has 320 valence electrons. The number of aliphatic hydroxyl groups is 2. The first-order valence-corrected chi connectivity index (χ1v) is 22.8. The summed E-state index contributed by atoms with van der Waals surface area (Å²) in [5.74, 6) is 0. The van der Waals surface area contributed by atoms with Gasteiger partial charge in [-0.1, -0.05) is 133 Å². The fourth-order valence-corrected chi connectivity index (χ4v) is 7.79. The first kappa shape index (κ1) is 43.8. The smallest absolute Gasteiger partial charge is 0.0267 e. The third kappa shape index (κ3) is 10.2. The van der Waals surface area contributed by atoms with Gasteiger partial charge in [0.25, 0.3) is 0 Å². The van der Waals surface area contributed by atoms with Gasteiger partial charge in [-0.2, -0.15) is 0 Å². The van der Waals surface area contributed by atoms with Crippen LogP contribution in [-0.2, 0) is 24.4 Å². The topological polar surface area (TPSA) is 158 Å². The van der Waals surface area contributed by atoms with E-state index in [4.69, 9.17) is 17.0 Å². The van der Waals surface area contributed by atoms with Crippen LogP contribution in [0.1, 0.15) is 35.0 Å². The van der Waals surface area contributed by atoms with Crippen LogP contribution in [0.3, 0.4) is 0 Å². The van der Waals surface area contributed by atoms with E-state index in [-0.39, 0.29) is 0 Å². The minimum atomic E-state index is -2.08. The molecule has 65 heavy (non-hydrogen) atoms. The molecule has 2 atom stereocenters. The average Bonchev–Trinajstić information content (AvgIpc) is 4.21. The molecule has 0 aliphatic carbocycles. The second-order valence-electron chi connectivity index (χ2n) is 14.6. The molecule has 7 heterocycles. The number of fused-ring (bicyclic) bond motifs is 8. The molecule has 2 aliphatic heterocycles. The van der Waals surface area contributed by atoms with E-state index in [9.17, 15) is 10.2 Å². The Hall–Kier alpha value is -7.80. The van der Waals surface area contributed by atoms with Crippen LogP contribution in [-0.4, -0.2) is 40.1 Å². The third-order valence-corrected chi connectivity index (χ3v) is 10.6. The first-order valence-electron chi connectivity index (χ1n) is 20.7. The molecule has 0 radical (unpaired) electrons. The van der Waals surface area contributed by atoms with Gasteiger partial charge in [0.05, 0.1) is 22.8 Å². The summed E-state index contributed by atoms with van der Waals surface area (Å²) in [5, 5.41) is 23.7. The molecule has 0 saturated heterocycles. The van der Waals surface area contributed by atoms with Crippen LogP contribution >= 0.6 is 0 Å². The van der Waals surface area contributed by atoms with E-state index in [2.05, 4.69) is 68.5 Å². The second-order valence-corrected chi connectivity index (χ2v) is 15.1. The van der Waals surface area contributed by atoms with E-state index in [0.29, 0.717) is 22.5 Å². The largest absolute Gasteiger partial charge is 0.265 e. The molecule has 0 saturated carbocycles. The Morgan fingerprint density at radius 2 is 0.646 bits per heavy atom. The van der Waals surface area contributed by atoms with E-state index < -0.39 is 29.5 Å². The molecule has 0 spiro atoms. The zero-order valence-electron chi connectivity index (χ0n) is 34.8. The van der Waals surface area contributed by atoms with Crippen molar-refractivity contribution >= 4 is 34.2 Å². The van der Waals surface area contributed by atoms with E-state index in [1.165, 1.54) is 0 Å². The molecule has 0 fully saturated rings. The van der Waals surface area contributed by atoms with Crippen LogP contribution in [0.2, 0.25) is 0 Å². The molecular weight excluding hydrogens is 987 g/mol. The van der Waals surface area contributed by atoms with Gasteiger partial charge in [0, 0.05) is 69.1 Å². The number of rotatable bonds is 4. The summed E-state index contributed by atoms with van der Waals surface area (Å²) in [6.07, 6.45) is 8.63. The molecule has 0 unspecified atom stereocenters. The standard InChI is InChI=1S/C44H32N4O2.2C5H5N.2O.Os/c49-43-41-39(29-17-9-3-10-18-29)35-25-23-33(46-35)37(27-13-5-1-6-14-27)31-21-22-32(45-31)38(28-15-7-2-8-16-28)34-24-26-36(47-34)40(42(48-41)44(43)50)30-19-11-4-12-20-30;2*1-2-4-6-5-3-1;;;/h1-26,43-44,46-47,49-50H;2*1-5H;;;/t43-,44+;;;;;. The molecule has 11 heteroatoms. The number of hydrogen-bond acceptors (Lipinski definition) is 8. The maximum absolute atomic E-state index is 11.8. The van der Waals surface area contributed by atoms with Gasteiger partial charge in [0.1, 0.15) is 12.2 Å². The van der Waals surface area contributed by atoms with Crippen LogP contribution < -0.4 is 0 Å². The number of benzene rings is 4. The number of aromatic amines is 2. The number of H-pyrrole nitrogens is 2. The van der Waals surface area contributed by atoms with E-state index in [1.807, 2.05) is 146 Å². The summed E-state index contributed by atoms with van der Waals surface area (Å²) >= 11 is -2.08. The van der Waals surface area contributed by atoms with Crippen molar-refractivity contribution in [1.29, 1.82) is 0 Å². The van der Waals surface area contributed by atoms with Crippen LogP contribution in [0.25, 0.3) is 78.7 Å². The maximum atomic E-state index is 11.8. The molecule has 11 rings (SSSR count). The zero-order chi connectivity index (χ0) is 44.8.